The number of amides is 1. The Morgan fingerprint density at radius 2 is 1.76 bits per heavy atom. The molecule has 0 radical (unpaired) electrons. The normalized spacial score (nSPS) is 29.7. The highest BCUT2D eigenvalue weighted by atomic mass is 19.4. The Hall–Kier alpha value is -2.66. The van der Waals surface area contributed by atoms with E-state index in [0.29, 0.717) is 25.7 Å². The zero-order valence-corrected chi connectivity index (χ0v) is 17.9. The average molecular weight is 484 g/mol. The molecule has 0 saturated heterocycles. The van der Waals surface area contributed by atoms with Gasteiger partial charge in [-0.05, 0) is 48.9 Å². The van der Waals surface area contributed by atoms with Gasteiger partial charge in [0, 0.05) is 30.2 Å². The second kappa shape index (κ2) is 7.94. The Morgan fingerprint density at radius 1 is 1.06 bits per heavy atom. The lowest BCUT2D eigenvalue weighted by Gasteiger charge is -2.70. The maximum Gasteiger partial charge on any atom is 0.522 e. The highest BCUT2D eigenvalue weighted by molar-refractivity contribution is 5.95. The van der Waals surface area contributed by atoms with Crippen LogP contribution in [0.5, 0.6) is 0 Å². The molecule has 0 spiro atoms. The van der Waals surface area contributed by atoms with Crippen LogP contribution in [-0.4, -0.2) is 47.4 Å². The van der Waals surface area contributed by atoms with E-state index in [-0.39, 0.29) is 47.2 Å². The maximum absolute atomic E-state index is 13.8. The minimum atomic E-state index is -4.66. The largest absolute Gasteiger partial charge is 0.522 e. The van der Waals surface area contributed by atoms with E-state index >= 15 is 0 Å². The number of carbonyl (C=O) groups is 2. The van der Waals surface area contributed by atoms with E-state index in [2.05, 4.69) is 15.0 Å². The highest BCUT2D eigenvalue weighted by Gasteiger charge is 2.68. The number of carbonyl (C=O) groups excluding carboxylic acids is 2. The minimum absolute atomic E-state index is 0.00736. The molecule has 1 N–H and O–H groups in total. The van der Waals surface area contributed by atoms with Crippen LogP contribution in [-0.2, 0) is 14.3 Å². The van der Waals surface area contributed by atoms with Crippen molar-refractivity contribution in [2.45, 2.75) is 62.6 Å². The van der Waals surface area contributed by atoms with Crippen molar-refractivity contribution in [1.29, 1.82) is 0 Å². The summed E-state index contributed by atoms with van der Waals surface area (Å²) in [5, 5.41) is 2.93. The van der Waals surface area contributed by atoms with Gasteiger partial charge in [-0.25, -0.2) is 13.8 Å². The molecule has 4 aliphatic rings. The summed E-state index contributed by atoms with van der Waals surface area (Å²) in [6.45, 7) is -0.150. The van der Waals surface area contributed by atoms with Gasteiger partial charge in [0.1, 0.15) is 12.3 Å². The zero-order chi connectivity index (χ0) is 24.3. The molecule has 0 aliphatic heterocycles. The highest BCUT2D eigenvalue weighted by Crippen LogP contribution is 2.69. The Balaban J connectivity index is 1.06. The number of benzene rings is 1. The van der Waals surface area contributed by atoms with E-state index in [1.54, 1.807) is 0 Å². The van der Waals surface area contributed by atoms with Crippen molar-refractivity contribution in [1.82, 2.24) is 10.3 Å². The number of Topliss-reactive ketones (excluding diaryl/α,β-unsaturated/α-hetero) is 1. The number of aromatic nitrogens is 1. The molecule has 2 aromatic rings. The minimum Gasteiger partial charge on any atom is -0.370 e. The second-order valence-electron chi connectivity index (χ2n) is 9.69. The molecule has 1 heterocycles. The molecule has 182 valence electrons. The molecule has 6 nitrogen and oxygen atoms in total. The lowest BCUT2D eigenvalue weighted by molar-refractivity contribution is -0.357. The first-order valence-corrected chi connectivity index (χ1v) is 10.9. The van der Waals surface area contributed by atoms with E-state index in [1.165, 1.54) is 18.2 Å². The molecule has 1 aromatic heterocycles. The molecular formula is C23H21F5N2O4. The summed E-state index contributed by atoms with van der Waals surface area (Å²) in [6, 6.07) is 4.92. The topological polar surface area (TPSA) is 77.5 Å². The van der Waals surface area contributed by atoms with Gasteiger partial charge >= 0.3 is 6.36 Å². The van der Waals surface area contributed by atoms with E-state index in [4.69, 9.17) is 4.74 Å². The predicted molar refractivity (Wildman–Crippen MR) is 108 cm³/mol. The Bertz CT molecular complexity index is 1140. The first kappa shape index (κ1) is 23.1. The van der Waals surface area contributed by atoms with Crippen molar-refractivity contribution >= 4 is 22.6 Å². The SMILES string of the molecule is O=C(COC1CC(OC(F)(F)F)C1)CC12CC(NC(=O)c3ccc4c(F)c(F)ccc4n3)(C1)C2. The number of ether oxygens (including phenoxy) is 2. The Kier molecular flexibility index (Phi) is 5.40. The first-order chi connectivity index (χ1) is 15.9. The van der Waals surface area contributed by atoms with Crippen LogP contribution < -0.4 is 5.32 Å². The van der Waals surface area contributed by atoms with Crippen LogP contribution in [0.1, 0.15) is 49.0 Å². The zero-order valence-electron chi connectivity index (χ0n) is 17.9. The molecule has 1 amide bonds. The molecule has 6 rings (SSSR count). The summed E-state index contributed by atoms with van der Waals surface area (Å²) in [6.07, 6.45) is -3.58. The number of ketones is 1. The smallest absolute Gasteiger partial charge is 0.370 e. The third-order valence-electron chi connectivity index (χ3n) is 6.91. The molecule has 4 aliphatic carbocycles. The van der Waals surface area contributed by atoms with Gasteiger partial charge in [0.15, 0.2) is 17.4 Å². The number of nitrogens with one attached hydrogen (secondary N) is 1. The van der Waals surface area contributed by atoms with Crippen LogP contribution >= 0.6 is 0 Å². The fraction of sp³-hybridized carbons (Fsp3) is 0.522. The summed E-state index contributed by atoms with van der Waals surface area (Å²) in [4.78, 5) is 29.0. The number of hydrogen-bond acceptors (Lipinski definition) is 5. The maximum atomic E-state index is 13.8. The number of alkyl halides is 3. The molecule has 0 atom stereocenters. The summed E-state index contributed by atoms with van der Waals surface area (Å²) < 4.78 is 72.8. The molecule has 34 heavy (non-hydrogen) atoms. The molecule has 0 unspecified atom stereocenters. The van der Waals surface area contributed by atoms with Crippen molar-refractivity contribution in [3.8, 4) is 0 Å². The van der Waals surface area contributed by atoms with Gasteiger partial charge in [0.05, 0.1) is 17.7 Å². The van der Waals surface area contributed by atoms with Gasteiger partial charge in [-0.1, -0.05) is 0 Å². The number of halogens is 5. The number of nitrogens with zero attached hydrogens (tertiary/aromatic N) is 1. The summed E-state index contributed by atoms with van der Waals surface area (Å²) in [5.41, 5.74) is -0.324. The molecule has 4 fully saturated rings. The van der Waals surface area contributed by atoms with Gasteiger partial charge in [0.2, 0.25) is 0 Å². The first-order valence-electron chi connectivity index (χ1n) is 10.9. The van der Waals surface area contributed by atoms with Gasteiger partial charge in [-0.2, -0.15) is 0 Å². The van der Waals surface area contributed by atoms with Crippen LogP contribution in [0.2, 0.25) is 0 Å². The predicted octanol–water partition coefficient (Wildman–Crippen LogP) is 4.21. The van der Waals surface area contributed by atoms with Crippen LogP contribution in [0.15, 0.2) is 24.3 Å². The molecular weight excluding hydrogens is 463 g/mol. The van der Waals surface area contributed by atoms with E-state index < -0.39 is 41.7 Å². The van der Waals surface area contributed by atoms with Crippen molar-refractivity contribution in [2.75, 3.05) is 6.61 Å². The third kappa shape index (κ3) is 4.38. The third-order valence-corrected chi connectivity index (χ3v) is 6.91. The number of fused-ring (bicyclic) bond motifs is 1. The monoisotopic (exact) mass is 484 g/mol. The van der Waals surface area contributed by atoms with Gasteiger partial charge in [-0.3, -0.25) is 14.3 Å². The fourth-order valence-corrected chi connectivity index (χ4v) is 5.51. The van der Waals surface area contributed by atoms with Crippen LogP contribution in [0.3, 0.4) is 0 Å². The van der Waals surface area contributed by atoms with E-state index in [1.807, 2.05) is 0 Å². The second-order valence-corrected chi connectivity index (χ2v) is 9.69. The lowest BCUT2D eigenvalue weighted by Crippen LogP contribution is -2.75. The molecule has 4 saturated carbocycles. The van der Waals surface area contributed by atoms with Crippen molar-refractivity contribution in [3.63, 3.8) is 0 Å². The molecule has 11 heteroatoms. The van der Waals surface area contributed by atoms with Crippen LogP contribution in [0, 0.1) is 17.0 Å². The standard InChI is InChI=1S/C23H21F5N2O4/c24-16-2-4-17-15(19(16)25)1-3-18(29-17)20(32)30-22-9-21(10-22,11-22)7-12(31)8-33-13-5-14(6-13)34-23(26,27)28/h1-4,13-14H,5-11H2,(H,30,32). The Morgan fingerprint density at radius 3 is 2.44 bits per heavy atom. The average Bonchev–Trinajstić information content (AvgIpc) is 2.68. The van der Waals surface area contributed by atoms with E-state index in [0.717, 1.165) is 6.07 Å². The summed E-state index contributed by atoms with van der Waals surface area (Å²) in [5.74, 6) is -2.54. The van der Waals surface area contributed by atoms with Gasteiger partial charge in [0.25, 0.3) is 5.91 Å². The van der Waals surface area contributed by atoms with Crippen molar-refractivity contribution in [3.05, 3.63) is 41.6 Å². The number of rotatable bonds is 8. The number of pyridine rings is 1. The quantitative estimate of drug-likeness (QED) is 0.569. The van der Waals surface area contributed by atoms with E-state index in [9.17, 15) is 31.5 Å². The van der Waals surface area contributed by atoms with Gasteiger partial charge < -0.3 is 10.1 Å². The van der Waals surface area contributed by atoms with Crippen LogP contribution in [0.4, 0.5) is 22.0 Å². The summed E-state index contributed by atoms with van der Waals surface area (Å²) in [7, 11) is 0. The van der Waals surface area contributed by atoms with Crippen molar-refractivity contribution in [2.24, 2.45) is 5.41 Å². The lowest BCUT2D eigenvalue weighted by atomic mass is 9.38. The molecule has 1 aromatic carbocycles. The Labute approximate surface area is 190 Å². The number of hydrogen-bond donors (Lipinski definition) is 1. The molecule has 2 bridgehead atoms. The van der Waals surface area contributed by atoms with Crippen LogP contribution in [0.25, 0.3) is 10.9 Å². The fourth-order valence-electron chi connectivity index (χ4n) is 5.51. The summed E-state index contributed by atoms with van der Waals surface area (Å²) >= 11 is 0. The van der Waals surface area contributed by atoms with Gasteiger partial charge in [-0.15, -0.1) is 13.2 Å². The van der Waals surface area contributed by atoms with Crippen molar-refractivity contribution < 1.29 is 41.0 Å².